The summed E-state index contributed by atoms with van der Waals surface area (Å²) in [6, 6.07) is 3.65. The molecule has 0 unspecified atom stereocenters. The third-order valence-corrected chi connectivity index (χ3v) is 9.22. The lowest BCUT2D eigenvalue weighted by Gasteiger charge is -2.61. The second kappa shape index (κ2) is 12.6. The van der Waals surface area contributed by atoms with Gasteiger partial charge in [-0.15, -0.1) is 0 Å². The van der Waals surface area contributed by atoms with E-state index >= 15 is 0 Å². The predicted octanol–water partition coefficient (Wildman–Crippen LogP) is 3.36. The van der Waals surface area contributed by atoms with Crippen LogP contribution in [0.1, 0.15) is 71.9 Å². The molecule has 2 bridgehead atoms. The highest BCUT2D eigenvalue weighted by Gasteiger charge is 2.72. The van der Waals surface area contributed by atoms with Crippen molar-refractivity contribution < 1.29 is 57.4 Å². The lowest BCUT2D eigenvalue weighted by Crippen LogP contribution is -2.74. The van der Waals surface area contributed by atoms with Gasteiger partial charge in [-0.25, -0.2) is 14.4 Å². The molecule has 6 atom stereocenters. The smallest absolute Gasteiger partial charge is 0.493 e. The molecule has 0 saturated carbocycles. The van der Waals surface area contributed by atoms with E-state index < -0.39 is 65.4 Å². The minimum atomic E-state index is -1.74. The van der Waals surface area contributed by atoms with Crippen molar-refractivity contribution in [2.45, 2.75) is 108 Å². The number of hydrogen-bond donors (Lipinski definition) is 1. The van der Waals surface area contributed by atoms with Gasteiger partial charge in [0.25, 0.3) is 0 Å². The Labute approximate surface area is 274 Å². The maximum atomic E-state index is 13.4. The van der Waals surface area contributed by atoms with E-state index in [-0.39, 0.29) is 30.7 Å². The van der Waals surface area contributed by atoms with Crippen molar-refractivity contribution in [2.24, 2.45) is 5.92 Å². The van der Waals surface area contributed by atoms with E-state index in [1.54, 1.807) is 34.0 Å². The quantitative estimate of drug-likeness (QED) is 0.288. The zero-order valence-electron chi connectivity index (χ0n) is 28.2. The number of hydrogen-bond acceptors (Lipinski definition) is 13. The molecular formula is C34H45NO12. The molecule has 1 spiro atoms. The van der Waals surface area contributed by atoms with Crippen LogP contribution in [0, 0.1) is 5.92 Å². The molecule has 1 aromatic rings. The number of methoxy groups -OCH3 is 1. The fourth-order valence-electron chi connectivity index (χ4n) is 7.12. The molecule has 0 amide bonds. The topological polar surface area (TPSA) is 156 Å². The van der Waals surface area contributed by atoms with Gasteiger partial charge in [0.15, 0.2) is 23.7 Å². The summed E-state index contributed by atoms with van der Waals surface area (Å²) in [6.07, 6.45) is -2.84. The third-order valence-electron chi connectivity index (χ3n) is 9.22. The Kier molecular flexibility index (Phi) is 9.28. The number of piperidine rings is 1. The highest BCUT2D eigenvalue weighted by Crippen LogP contribution is 2.65. The van der Waals surface area contributed by atoms with Crippen LogP contribution in [0.25, 0.3) is 0 Å². The number of likely N-dealkylation sites (tertiary alicyclic amines) is 1. The fourth-order valence-corrected chi connectivity index (χ4v) is 7.12. The molecule has 1 aromatic carbocycles. The van der Waals surface area contributed by atoms with Gasteiger partial charge in [0, 0.05) is 18.0 Å². The zero-order chi connectivity index (χ0) is 34.5. The average molecular weight is 660 g/mol. The first-order valence-corrected chi connectivity index (χ1v) is 16.0. The lowest BCUT2D eigenvalue weighted by molar-refractivity contribution is -0.179. The Morgan fingerprint density at radius 1 is 1.11 bits per heavy atom. The van der Waals surface area contributed by atoms with Gasteiger partial charge in [-0.2, -0.15) is 0 Å². The summed E-state index contributed by atoms with van der Waals surface area (Å²) in [6.45, 7) is 10.6. The van der Waals surface area contributed by atoms with E-state index in [0.717, 1.165) is 11.1 Å². The maximum absolute atomic E-state index is 13.4. The van der Waals surface area contributed by atoms with Crippen LogP contribution in [-0.4, -0.2) is 96.9 Å². The standard InChI is InChI=1S/C34H45NO12/c1-18(2)17-42-25(36)16-23(45-31(39)47-32(4,5)6)30(38)43-19(3)29(37)44-22-11-12-34(40)24-15-20-9-10-21(41-8)27-26(20)33(34,28(22)46-27)13-14-35(24)7/h9-11,18-19,23-24,28,40H,12-17H2,1-8H3/t19-,23-,24+,28-,33-,34+/m0/s1. The van der Waals surface area contributed by atoms with Gasteiger partial charge in [0.1, 0.15) is 11.4 Å². The number of likely N-dealkylation sites (N-methyl/N-ethyl adjacent to an activating group) is 1. The zero-order valence-corrected chi connectivity index (χ0v) is 28.2. The van der Waals surface area contributed by atoms with E-state index in [9.17, 15) is 24.3 Å². The van der Waals surface area contributed by atoms with Crippen LogP contribution >= 0.6 is 0 Å². The minimum absolute atomic E-state index is 0.0360. The number of aliphatic hydroxyl groups is 1. The van der Waals surface area contributed by atoms with Crippen molar-refractivity contribution in [3.63, 3.8) is 0 Å². The molecule has 47 heavy (non-hydrogen) atoms. The highest BCUT2D eigenvalue weighted by molar-refractivity contribution is 5.86. The second-order valence-electron chi connectivity index (χ2n) is 14.1. The first-order chi connectivity index (χ1) is 22.0. The van der Waals surface area contributed by atoms with Crippen molar-refractivity contribution in [2.75, 3.05) is 27.3 Å². The first kappa shape index (κ1) is 34.5. The van der Waals surface area contributed by atoms with Crippen molar-refractivity contribution >= 4 is 24.1 Å². The molecule has 5 rings (SSSR count). The molecule has 2 heterocycles. The molecule has 4 aliphatic rings. The fraction of sp³-hybridized carbons (Fsp3) is 0.647. The number of ether oxygens (including phenoxy) is 7. The van der Waals surface area contributed by atoms with E-state index in [0.29, 0.717) is 30.9 Å². The Bertz CT molecular complexity index is 1460. The molecule has 13 nitrogen and oxygen atoms in total. The Morgan fingerprint density at radius 2 is 1.83 bits per heavy atom. The van der Waals surface area contributed by atoms with Crippen LogP contribution in [-0.2, 0) is 49.9 Å². The number of nitrogens with zero attached hydrogens (tertiary/aromatic N) is 1. The van der Waals surface area contributed by atoms with E-state index in [1.165, 1.54) is 6.92 Å². The van der Waals surface area contributed by atoms with Gasteiger partial charge in [0.05, 0.1) is 31.2 Å². The van der Waals surface area contributed by atoms with Crippen LogP contribution in [0.5, 0.6) is 11.5 Å². The van der Waals surface area contributed by atoms with Crippen LogP contribution in [0.15, 0.2) is 24.0 Å². The largest absolute Gasteiger partial charge is 0.509 e. The van der Waals surface area contributed by atoms with Gasteiger partial charge in [-0.1, -0.05) is 19.9 Å². The maximum Gasteiger partial charge on any atom is 0.509 e. The molecule has 13 heteroatoms. The van der Waals surface area contributed by atoms with Crippen LogP contribution in [0.4, 0.5) is 4.79 Å². The van der Waals surface area contributed by atoms with Crippen molar-refractivity contribution in [3.05, 3.63) is 35.1 Å². The number of carbonyl (C=O) groups is 4. The summed E-state index contributed by atoms with van der Waals surface area (Å²) < 4.78 is 38.7. The molecule has 1 saturated heterocycles. The molecule has 1 N–H and O–H groups in total. The molecule has 0 aromatic heterocycles. The minimum Gasteiger partial charge on any atom is -0.493 e. The average Bonchev–Trinajstić information content (AvgIpc) is 3.34. The van der Waals surface area contributed by atoms with Crippen molar-refractivity contribution in [1.29, 1.82) is 0 Å². The van der Waals surface area contributed by atoms with Crippen LogP contribution in [0.2, 0.25) is 0 Å². The summed E-state index contributed by atoms with van der Waals surface area (Å²) in [5.41, 5.74) is -1.10. The Balaban J connectivity index is 1.34. The molecule has 2 aliphatic carbocycles. The number of rotatable bonds is 10. The van der Waals surface area contributed by atoms with E-state index in [2.05, 4.69) is 4.90 Å². The first-order valence-electron chi connectivity index (χ1n) is 16.0. The monoisotopic (exact) mass is 659 g/mol. The summed E-state index contributed by atoms with van der Waals surface area (Å²) in [5.74, 6) is -1.61. The van der Waals surface area contributed by atoms with Crippen LogP contribution < -0.4 is 9.47 Å². The van der Waals surface area contributed by atoms with Gasteiger partial charge >= 0.3 is 24.1 Å². The van der Waals surface area contributed by atoms with Gasteiger partial charge in [0.2, 0.25) is 6.10 Å². The van der Waals surface area contributed by atoms with Crippen molar-refractivity contribution in [3.8, 4) is 11.5 Å². The lowest BCUT2D eigenvalue weighted by atomic mass is 9.50. The molecule has 0 radical (unpaired) electrons. The molecule has 258 valence electrons. The molecule has 2 aliphatic heterocycles. The number of esters is 3. The third kappa shape index (κ3) is 6.27. The van der Waals surface area contributed by atoms with Crippen molar-refractivity contribution in [1.82, 2.24) is 4.90 Å². The normalized spacial score (nSPS) is 27.0. The number of benzene rings is 1. The second-order valence-corrected chi connectivity index (χ2v) is 14.1. The van der Waals surface area contributed by atoms with Gasteiger partial charge < -0.3 is 43.2 Å². The highest BCUT2D eigenvalue weighted by atomic mass is 16.7. The molecular weight excluding hydrogens is 614 g/mol. The van der Waals surface area contributed by atoms with E-state index in [4.69, 9.17) is 33.2 Å². The summed E-state index contributed by atoms with van der Waals surface area (Å²) in [5, 5.41) is 12.4. The summed E-state index contributed by atoms with van der Waals surface area (Å²) in [4.78, 5) is 53.6. The Hall–Kier alpha value is -3.84. The van der Waals surface area contributed by atoms with E-state index in [1.807, 2.05) is 33.0 Å². The SMILES string of the molecule is COc1ccc2c3c1O[C@H]1C(OC(=O)[C@H](C)OC(=O)[C@H](CC(=O)OCC(C)C)OC(=O)OC(C)(C)C)=CC[C@@]4(O)[C@@H](C2)N(C)CC[C@]314. The Morgan fingerprint density at radius 3 is 2.49 bits per heavy atom. The summed E-state index contributed by atoms with van der Waals surface area (Å²) >= 11 is 0. The molecule has 1 fully saturated rings. The van der Waals surface area contributed by atoms with Crippen LogP contribution in [0.3, 0.4) is 0 Å². The predicted molar refractivity (Wildman–Crippen MR) is 165 cm³/mol. The van der Waals surface area contributed by atoms with Gasteiger partial charge in [-0.3, -0.25) is 4.79 Å². The summed E-state index contributed by atoms with van der Waals surface area (Å²) in [7, 11) is 3.54. The number of carbonyl (C=O) groups excluding carboxylic acids is 4. The van der Waals surface area contributed by atoms with Gasteiger partial charge in [-0.05, 0) is 77.8 Å².